The molecule has 174 valence electrons. The zero-order chi connectivity index (χ0) is 24.9. The number of hydrogen-bond acceptors (Lipinski definition) is 8. The summed E-state index contributed by atoms with van der Waals surface area (Å²) in [6, 6.07) is 17.4. The van der Waals surface area contributed by atoms with E-state index in [1.54, 1.807) is 29.6 Å². The van der Waals surface area contributed by atoms with Gasteiger partial charge in [0.05, 0.1) is 15.5 Å². The number of carbonyl (C=O) groups excluding carboxylic acids is 2. The van der Waals surface area contributed by atoms with Crippen molar-refractivity contribution >= 4 is 45.3 Å². The summed E-state index contributed by atoms with van der Waals surface area (Å²) in [5.41, 5.74) is 2.24. The van der Waals surface area contributed by atoms with E-state index in [0.717, 1.165) is 5.56 Å². The van der Waals surface area contributed by atoms with Crippen LogP contribution in [0.2, 0.25) is 0 Å². The number of benzene rings is 3. The van der Waals surface area contributed by atoms with Gasteiger partial charge in [0.25, 0.3) is 23.2 Å². The van der Waals surface area contributed by atoms with Crippen molar-refractivity contribution in [2.24, 2.45) is 0 Å². The van der Waals surface area contributed by atoms with Gasteiger partial charge in [0.1, 0.15) is 0 Å². The highest BCUT2D eigenvalue weighted by atomic mass is 32.1. The third kappa shape index (κ3) is 5.51. The first kappa shape index (κ1) is 23.2. The van der Waals surface area contributed by atoms with Crippen molar-refractivity contribution in [3.8, 4) is 11.3 Å². The Hall–Kier alpha value is -4.97. The number of thiazole rings is 1. The van der Waals surface area contributed by atoms with E-state index in [9.17, 15) is 29.8 Å². The molecule has 35 heavy (non-hydrogen) atoms. The van der Waals surface area contributed by atoms with Crippen molar-refractivity contribution in [1.82, 2.24) is 4.98 Å². The van der Waals surface area contributed by atoms with Crippen molar-refractivity contribution in [2.75, 3.05) is 10.6 Å². The third-order valence-electron chi connectivity index (χ3n) is 4.84. The smallest absolute Gasteiger partial charge is 0.269 e. The number of nitrogens with zero attached hydrogens (tertiary/aromatic N) is 3. The maximum Gasteiger partial charge on any atom is 0.269 e. The number of nitro benzene ring substituents is 2. The number of hydrogen-bond donors (Lipinski definition) is 2. The second-order valence-electron chi connectivity index (χ2n) is 7.13. The van der Waals surface area contributed by atoms with Gasteiger partial charge in [0.15, 0.2) is 5.13 Å². The first-order chi connectivity index (χ1) is 16.8. The summed E-state index contributed by atoms with van der Waals surface area (Å²) in [7, 11) is 0. The van der Waals surface area contributed by atoms with Crippen LogP contribution in [0.25, 0.3) is 11.3 Å². The number of nitro groups is 2. The Bertz CT molecular complexity index is 1420. The molecule has 0 bridgehead atoms. The fourth-order valence-corrected chi connectivity index (χ4v) is 3.74. The molecule has 0 aliphatic carbocycles. The molecule has 4 aromatic rings. The average molecular weight is 489 g/mol. The number of nitrogens with one attached hydrogen (secondary N) is 2. The van der Waals surface area contributed by atoms with Gasteiger partial charge in [-0.2, -0.15) is 0 Å². The van der Waals surface area contributed by atoms with E-state index in [4.69, 9.17) is 0 Å². The van der Waals surface area contributed by atoms with Gasteiger partial charge in [0.2, 0.25) is 0 Å². The van der Waals surface area contributed by atoms with Gasteiger partial charge in [-0.15, -0.1) is 11.3 Å². The van der Waals surface area contributed by atoms with Crippen LogP contribution in [0.5, 0.6) is 0 Å². The Labute approximate surface area is 201 Å². The molecular formula is C23H15N5O6S. The van der Waals surface area contributed by atoms with Crippen LogP contribution in [0.3, 0.4) is 0 Å². The SMILES string of the molecule is O=C(Nc1ccc(-c2csc(NC(=O)c3ccc([N+](=O)[O-])cc3)n2)cc1)c1ccc([N+](=O)[O-])cc1. The second kappa shape index (κ2) is 9.89. The van der Waals surface area contributed by atoms with Crippen LogP contribution in [0, 0.1) is 20.2 Å². The normalized spacial score (nSPS) is 10.4. The Kier molecular flexibility index (Phi) is 6.55. The molecule has 11 nitrogen and oxygen atoms in total. The molecule has 1 aromatic heterocycles. The average Bonchev–Trinajstić information content (AvgIpc) is 3.33. The van der Waals surface area contributed by atoms with Crippen molar-refractivity contribution < 1.29 is 19.4 Å². The van der Waals surface area contributed by atoms with E-state index in [1.807, 2.05) is 0 Å². The molecule has 2 amide bonds. The quantitative estimate of drug-likeness (QED) is 0.269. The summed E-state index contributed by atoms with van der Waals surface area (Å²) < 4.78 is 0. The van der Waals surface area contributed by atoms with Crippen LogP contribution in [0.15, 0.2) is 78.2 Å². The van der Waals surface area contributed by atoms with E-state index in [2.05, 4.69) is 15.6 Å². The largest absolute Gasteiger partial charge is 0.322 e. The lowest BCUT2D eigenvalue weighted by molar-refractivity contribution is -0.385. The maximum atomic E-state index is 12.4. The number of non-ortho nitro benzene ring substituents is 2. The van der Waals surface area contributed by atoms with Crippen molar-refractivity contribution in [1.29, 1.82) is 0 Å². The number of aromatic nitrogens is 1. The Morgan fingerprint density at radius 3 is 1.69 bits per heavy atom. The monoisotopic (exact) mass is 489 g/mol. The van der Waals surface area contributed by atoms with Crippen molar-refractivity contribution in [2.45, 2.75) is 0 Å². The van der Waals surface area contributed by atoms with Crippen LogP contribution in [-0.2, 0) is 0 Å². The molecule has 4 rings (SSSR count). The van der Waals surface area contributed by atoms with E-state index >= 15 is 0 Å². The molecule has 0 aliphatic heterocycles. The van der Waals surface area contributed by atoms with Gasteiger partial charge in [-0.3, -0.25) is 35.1 Å². The summed E-state index contributed by atoms with van der Waals surface area (Å²) in [5.74, 6) is -0.845. The van der Waals surface area contributed by atoms with Gasteiger partial charge in [-0.1, -0.05) is 12.1 Å². The summed E-state index contributed by atoms with van der Waals surface area (Å²) in [5, 5.41) is 29.0. The predicted octanol–water partition coefficient (Wildman–Crippen LogP) is 5.13. The second-order valence-corrected chi connectivity index (χ2v) is 7.99. The first-order valence-electron chi connectivity index (χ1n) is 9.98. The van der Waals surface area contributed by atoms with Crippen LogP contribution in [0.1, 0.15) is 20.7 Å². The fraction of sp³-hybridized carbons (Fsp3) is 0. The van der Waals surface area contributed by atoms with Crippen molar-refractivity contribution in [3.63, 3.8) is 0 Å². The minimum atomic E-state index is -0.541. The van der Waals surface area contributed by atoms with E-state index in [1.165, 1.54) is 59.9 Å². The highest BCUT2D eigenvalue weighted by Gasteiger charge is 2.13. The van der Waals surface area contributed by atoms with Gasteiger partial charge >= 0.3 is 0 Å². The molecule has 0 unspecified atom stereocenters. The molecular weight excluding hydrogens is 474 g/mol. The minimum Gasteiger partial charge on any atom is -0.322 e. The molecule has 2 N–H and O–H groups in total. The van der Waals surface area contributed by atoms with Crippen LogP contribution >= 0.6 is 11.3 Å². The van der Waals surface area contributed by atoms with Gasteiger partial charge in [-0.05, 0) is 36.4 Å². The molecule has 1 heterocycles. The van der Waals surface area contributed by atoms with Crippen molar-refractivity contribution in [3.05, 3.63) is 110 Å². The molecule has 0 spiro atoms. The maximum absolute atomic E-state index is 12.4. The van der Waals surface area contributed by atoms with Crippen LogP contribution in [-0.4, -0.2) is 26.6 Å². The summed E-state index contributed by atoms with van der Waals surface area (Å²) in [6.07, 6.45) is 0. The lowest BCUT2D eigenvalue weighted by atomic mass is 10.1. The standard InChI is InChI=1S/C23H15N5O6S/c29-21(15-3-9-18(10-4-15)27(31)32)24-17-7-1-14(2-8-17)20-13-35-23(25-20)26-22(30)16-5-11-19(12-6-16)28(33)34/h1-13H,(H,24,29)(H,25,26,30). The zero-order valence-electron chi connectivity index (χ0n) is 17.7. The number of carbonyl (C=O) groups is 2. The van der Waals surface area contributed by atoms with Gasteiger partial charge in [0, 0.05) is 52.0 Å². The van der Waals surface area contributed by atoms with Crippen LogP contribution in [0.4, 0.5) is 22.2 Å². The van der Waals surface area contributed by atoms with E-state index < -0.39 is 21.7 Å². The van der Waals surface area contributed by atoms with Gasteiger partial charge in [-0.25, -0.2) is 4.98 Å². The van der Waals surface area contributed by atoms with E-state index in [0.29, 0.717) is 16.5 Å². The first-order valence-corrected chi connectivity index (χ1v) is 10.9. The number of rotatable bonds is 7. The lowest BCUT2D eigenvalue weighted by Crippen LogP contribution is -2.11. The molecule has 0 saturated heterocycles. The fourth-order valence-electron chi connectivity index (χ4n) is 3.03. The number of amides is 2. The van der Waals surface area contributed by atoms with Crippen LogP contribution < -0.4 is 10.6 Å². The Morgan fingerprint density at radius 2 is 1.20 bits per heavy atom. The van der Waals surface area contributed by atoms with E-state index in [-0.39, 0.29) is 22.5 Å². The lowest BCUT2D eigenvalue weighted by Gasteiger charge is -2.06. The summed E-state index contributed by atoms with van der Waals surface area (Å²) >= 11 is 1.22. The Balaban J connectivity index is 1.38. The molecule has 12 heteroatoms. The molecule has 0 aliphatic rings. The topological polar surface area (TPSA) is 157 Å². The third-order valence-corrected chi connectivity index (χ3v) is 5.60. The molecule has 0 radical (unpaired) electrons. The Morgan fingerprint density at radius 1 is 0.714 bits per heavy atom. The predicted molar refractivity (Wildman–Crippen MR) is 130 cm³/mol. The zero-order valence-corrected chi connectivity index (χ0v) is 18.5. The minimum absolute atomic E-state index is 0.0996. The molecule has 0 saturated carbocycles. The highest BCUT2D eigenvalue weighted by molar-refractivity contribution is 7.14. The van der Waals surface area contributed by atoms with Gasteiger partial charge < -0.3 is 5.32 Å². The molecule has 0 atom stereocenters. The summed E-state index contributed by atoms with van der Waals surface area (Å²) in [6.45, 7) is 0. The summed E-state index contributed by atoms with van der Waals surface area (Å²) in [4.78, 5) is 49.5. The highest BCUT2D eigenvalue weighted by Crippen LogP contribution is 2.27. The molecule has 3 aromatic carbocycles. The molecule has 0 fully saturated rings. The number of anilines is 2.